The summed E-state index contributed by atoms with van der Waals surface area (Å²) in [4.78, 5) is 0. The maximum absolute atomic E-state index is 6.14. The zero-order valence-electron chi connectivity index (χ0n) is 9.67. The van der Waals surface area contributed by atoms with E-state index in [2.05, 4.69) is 12.2 Å². The third-order valence-corrected chi connectivity index (χ3v) is 3.47. The van der Waals surface area contributed by atoms with Gasteiger partial charge in [0, 0.05) is 11.7 Å². The normalized spacial score (nSPS) is 17.1. The number of nitrogens with one attached hydrogen (secondary N) is 1. The molecular weight excluding hydrogens is 220 g/mol. The Morgan fingerprint density at radius 3 is 2.81 bits per heavy atom. The second-order valence-corrected chi connectivity index (χ2v) is 5.08. The van der Waals surface area contributed by atoms with Crippen LogP contribution in [0.5, 0.6) is 0 Å². The van der Waals surface area contributed by atoms with Gasteiger partial charge in [-0.3, -0.25) is 0 Å². The zero-order valence-corrected chi connectivity index (χ0v) is 10.4. The number of benzene rings is 1. The Labute approximate surface area is 102 Å². The standard InChI is InChI=1S/C13H19ClN2/c1-2-11(7-9-3-4-9)16-13-6-5-10(15)8-12(13)14/h5-6,8-9,11,16H,2-4,7,15H2,1H3. The summed E-state index contributed by atoms with van der Waals surface area (Å²) in [6.07, 6.45) is 5.19. The topological polar surface area (TPSA) is 38.0 Å². The van der Waals surface area contributed by atoms with E-state index in [9.17, 15) is 0 Å². The largest absolute Gasteiger partial charge is 0.399 e. The van der Waals surface area contributed by atoms with Gasteiger partial charge < -0.3 is 11.1 Å². The number of nitrogen functional groups attached to an aromatic ring is 1. The lowest BCUT2D eigenvalue weighted by atomic mass is 10.1. The van der Waals surface area contributed by atoms with Gasteiger partial charge in [-0.05, 0) is 37.0 Å². The molecule has 1 atom stereocenters. The van der Waals surface area contributed by atoms with Crippen LogP contribution in [0.4, 0.5) is 11.4 Å². The van der Waals surface area contributed by atoms with E-state index in [0.717, 1.165) is 18.0 Å². The summed E-state index contributed by atoms with van der Waals surface area (Å²) < 4.78 is 0. The first-order valence-corrected chi connectivity index (χ1v) is 6.38. The van der Waals surface area contributed by atoms with Gasteiger partial charge in [-0.15, -0.1) is 0 Å². The van der Waals surface area contributed by atoms with Gasteiger partial charge in [0.05, 0.1) is 10.7 Å². The van der Waals surface area contributed by atoms with Gasteiger partial charge in [0.15, 0.2) is 0 Å². The first kappa shape index (κ1) is 11.6. The molecule has 1 saturated carbocycles. The van der Waals surface area contributed by atoms with Gasteiger partial charge in [-0.1, -0.05) is 31.4 Å². The SMILES string of the molecule is CCC(CC1CC1)Nc1ccc(N)cc1Cl. The van der Waals surface area contributed by atoms with Gasteiger partial charge in [0.25, 0.3) is 0 Å². The molecule has 1 aromatic rings. The highest BCUT2D eigenvalue weighted by atomic mass is 35.5. The molecule has 16 heavy (non-hydrogen) atoms. The van der Waals surface area contributed by atoms with Crippen molar-refractivity contribution in [2.24, 2.45) is 5.92 Å². The maximum Gasteiger partial charge on any atom is 0.0658 e. The lowest BCUT2D eigenvalue weighted by Crippen LogP contribution is -2.19. The molecule has 88 valence electrons. The summed E-state index contributed by atoms with van der Waals surface area (Å²) >= 11 is 6.14. The quantitative estimate of drug-likeness (QED) is 0.764. The molecule has 1 fully saturated rings. The molecule has 0 aliphatic heterocycles. The van der Waals surface area contributed by atoms with Crippen LogP contribution in [0.3, 0.4) is 0 Å². The second-order valence-electron chi connectivity index (χ2n) is 4.67. The fourth-order valence-corrected chi connectivity index (χ4v) is 2.20. The van der Waals surface area contributed by atoms with E-state index in [1.54, 1.807) is 6.07 Å². The molecule has 0 bridgehead atoms. The highest BCUT2D eigenvalue weighted by molar-refractivity contribution is 6.33. The monoisotopic (exact) mass is 238 g/mol. The van der Waals surface area contributed by atoms with E-state index in [4.69, 9.17) is 17.3 Å². The molecule has 0 amide bonds. The molecule has 1 aromatic carbocycles. The van der Waals surface area contributed by atoms with Crippen molar-refractivity contribution >= 4 is 23.0 Å². The first-order valence-electron chi connectivity index (χ1n) is 6.00. The van der Waals surface area contributed by atoms with Crippen molar-refractivity contribution in [1.82, 2.24) is 0 Å². The molecule has 0 aromatic heterocycles. The fourth-order valence-electron chi connectivity index (χ4n) is 1.95. The lowest BCUT2D eigenvalue weighted by Gasteiger charge is -2.19. The number of anilines is 2. The Morgan fingerprint density at radius 2 is 2.25 bits per heavy atom. The van der Waals surface area contributed by atoms with Crippen LogP contribution in [0.15, 0.2) is 18.2 Å². The average Bonchev–Trinajstić information content (AvgIpc) is 3.04. The van der Waals surface area contributed by atoms with Crippen LogP contribution in [-0.4, -0.2) is 6.04 Å². The van der Waals surface area contributed by atoms with Crippen molar-refractivity contribution in [3.63, 3.8) is 0 Å². The number of hydrogen-bond acceptors (Lipinski definition) is 2. The molecule has 3 heteroatoms. The van der Waals surface area contributed by atoms with E-state index in [-0.39, 0.29) is 0 Å². The molecule has 1 aliphatic rings. The molecule has 2 rings (SSSR count). The molecule has 1 aliphatic carbocycles. The Morgan fingerprint density at radius 1 is 1.50 bits per heavy atom. The number of rotatable bonds is 5. The highest BCUT2D eigenvalue weighted by Gasteiger charge is 2.24. The van der Waals surface area contributed by atoms with Gasteiger partial charge in [-0.25, -0.2) is 0 Å². The summed E-state index contributed by atoms with van der Waals surface area (Å²) in [6, 6.07) is 6.19. The number of hydrogen-bond donors (Lipinski definition) is 2. The van der Waals surface area contributed by atoms with Crippen LogP contribution in [0.25, 0.3) is 0 Å². The summed E-state index contributed by atoms with van der Waals surface area (Å²) in [7, 11) is 0. The molecule has 0 saturated heterocycles. The van der Waals surface area contributed by atoms with Crippen LogP contribution in [0.1, 0.15) is 32.6 Å². The Balaban J connectivity index is 1.99. The Kier molecular flexibility index (Phi) is 3.59. The van der Waals surface area contributed by atoms with E-state index in [1.165, 1.54) is 19.3 Å². The predicted molar refractivity (Wildman–Crippen MR) is 70.9 cm³/mol. The van der Waals surface area contributed by atoms with E-state index in [0.29, 0.717) is 16.8 Å². The van der Waals surface area contributed by atoms with Crippen LogP contribution >= 0.6 is 11.6 Å². The minimum Gasteiger partial charge on any atom is -0.399 e. The summed E-state index contributed by atoms with van der Waals surface area (Å²) in [5.74, 6) is 0.935. The molecule has 0 radical (unpaired) electrons. The van der Waals surface area contributed by atoms with E-state index >= 15 is 0 Å². The highest BCUT2D eigenvalue weighted by Crippen LogP contribution is 2.35. The molecule has 1 unspecified atom stereocenters. The summed E-state index contributed by atoms with van der Waals surface area (Å²) in [6.45, 7) is 2.21. The van der Waals surface area contributed by atoms with Crippen LogP contribution < -0.4 is 11.1 Å². The maximum atomic E-state index is 6.14. The van der Waals surface area contributed by atoms with Crippen molar-refractivity contribution in [1.29, 1.82) is 0 Å². The van der Waals surface area contributed by atoms with Crippen molar-refractivity contribution in [3.8, 4) is 0 Å². The fraction of sp³-hybridized carbons (Fsp3) is 0.538. The summed E-state index contributed by atoms with van der Waals surface area (Å²) in [5, 5.41) is 4.22. The number of halogens is 1. The van der Waals surface area contributed by atoms with Crippen molar-refractivity contribution in [2.75, 3.05) is 11.1 Å². The van der Waals surface area contributed by atoms with Crippen molar-refractivity contribution in [2.45, 2.75) is 38.6 Å². The minimum atomic E-state index is 0.536. The zero-order chi connectivity index (χ0) is 11.5. The lowest BCUT2D eigenvalue weighted by molar-refractivity contribution is 0.587. The Hall–Kier alpha value is -0.890. The van der Waals surface area contributed by atoms with E-state index < -0.39 is 0 Å². The third kappa shape index (κ3) is 3.05. The molecule has 3 N–H and O–H groups in total. The predicted octanol–water partition coefficient (Wildman–Crippen LogP) is 3.91. The molecule has 0 heterocycles. The van der Waals surface area contributed by atoms with E-state index in [1.807, 2.05) is 12.1 Å². The summed E-state index contributed by atoms with van der Waals surface area (Å²) in [5.41, 5.74) is 7.39. The number of nitrogens with two attached hydrogens (primary N) is 1. The first-order chi connectivity index (χ1) is 7.69. The minimum absolute atomic E-state index is 0.536. The van der Waals surface area contributed by atoms with Gasteiger partial charge in [0.2, 0.25) is 0 Å². The van der Waals surface area contributed by atoms with Crippen molar-refractivity contribution in [3.05, 3.63) is 23.2 Å². The molecular formula is C13H19ClN2. The molecule has 0 spiro atoms. The smallest absolute Gasteiger partial charge is 0.0658 e. The van der Waals surface area contributed by atoms with Crippen LogP contribution in [0.2, 0.25) is 5.02 Å². The third-order valence-electron chi connectivity index (χ3n) is 3.16. The molecule has 2 nitrogen and oxygen atoms in total. The van der Waals surface area contributed by atoms with Gasteiger partial charge in [0.1, 0.15) is 0 Å². The van der Waals surface area contributed by atoms with Crippen LogP contribution in [0, 0.1) is 5.92 Å². The average molecular weight is 239 g/mol. The van der Waals surface area contributed by atoms with Crippen molar-refractivity contribution < 1.29 is 0 Å². The van der Waals surface area contributed by atoms with Gasteiger partial charge >= 0.3 is 0 Å². The van der Waals surface area contributed by atoms with Crippen LogP contribution in [-0.2, 0) is 0 Å². The second kappa shape index (κ2) is 4.96. The Bertz CT molecular complexity index is 361. The van der Waals surface area contributed by atoms with Gasteiger partial charge in [-0.2, -0.15) is 0 Å².